The van der Waals surface area contributed by atoms with Crippen LogP contribution in [0.25, 0.3) is 0 Å². The Labute approximate surface area is 101 Å². The molecule has 1 aromatic rings. The van der Waals surface area contributed by atoms with E-state index in [-0.39, 0.29) is 17.5 Å². The summed E-state index contributed by atoms with van der Waals surface area (Å²) in [7, 11) is 0. The predicted octanol–water partition coefficient (Wildman–Crippen LogP) is 1.38. The maximum Gasteiger partial charge on any atom is 0.247 e. The summed E-state index contributed by atoms with van der Waals surface area (Å²) in [5, 5.41) is 4.06. The molecule has 2 heterocycles. The summed E-state index contributed by atoms with van der Waals surface area (Å²) in [5.74, 6) is 0.202. The lowest BCUT2D eigenvalue weighted by atomic mass is 9.74. The van der Waals surface area contributed by atoms with E-state index < -0.39 is 0 Å². The van der Waals surface area contributed by atoms with Crippen molar-refractivity contribution in [3.05, 3.63) is 12.7 Å². The Morgan fingerprint density at radius 1 is 1.35 bits per heavy atom. The second-order valence-corrected chi connectivity index (χ2v) is 5.22. The van der Waals surface area contributed by atoms with Crippen LogP contribution in [-0.2, 0) is 4.79 Å². The fourth-order valence-electron chi connectivity index (χ4n) is 3.14. The molecule has 17 heavy (non-hydrogen) atoms. The molecule has 0 N–H and O–H groups in total. The molecule has 1 spiro atoms. The van der Waals surface area contributed by atoms with Crippen LogP contribution < -0.4 is 0 Å². The molecular formula is C12H18N4O. The molecule has 1 saturated carbocycles. The first kappa shape index (κ1) is 10.7. The van der Waals surface area contributed by atoms with Crippen molar-refractivity contribution in [1.82, 2.24) is 19.7 Å². The van der Waals surface area contributed by atoms with Gasteiger partial charge in [-0.3, -0.25) is 4.79 Å². The Morgan fingerprint density at radius 2 is 2.12 bits per heavy atom. The Bertz CT molecular complexity index is 410. The molecule has 1 atom stereocenters. The summed E-state index contributed by atoms with van der Waals surface area (Å²) in [5.41, 5.74) is 0.200. The standard InChI is InChI=1S/C12H18N4O/c1-10(16-9-13-8-14-16)11(17)15-7-3-6-12(15)4-2-5-12/h8-10H,2-7H2,1H3. The van der Waals surface area contributed by atoms with Crippen LogP contribution in [0.4, 0.5) is 0 Å². The number of hydrogen-bond donors (Lipinski definition) is 0. The highest BCUT2D eigenvalue weighted by Gasteiger charge is 2.48. The summed E-state index contributed by atoms with van der Waals surface area (Å²) >= 11 is 0. The Hall–Kier alpha value is -1.39. The van der Waals surface area contributed by atoms with E-state index in [4.69, 9.17) is 0 Å². The number of carbonyl (C=O) groups is 1. The minimum atomic E-state index is -0.229. The normalized spacial score (nSPS) is 23.7. The van der Waals surface area contributed by atoms with Crippen LogP contribution in [-0.4, -0.2) is 37.7 Å². The minimum Gasteiger partial charge on any atom is -0.335 e. The van der Waals surface area contributed by atoms with Gasteiger partial charge < -0.3 is 4.90 Å². The predicted molar refractivity (Wildman–Crippen MR) is 62.3 cm³/mol. The van der Waals surface area contributed by atoms with E-state index in [9.17, 15) is 4.79 Å². The summed E-state index contributed by atoms with van der Waals surface area (Å²) in [6, 6.07) is -0.229. The highest BCUT2D eigenvalue weighted by molar-refractivity contribution is 5.81. The lowest BCUT2D eigenvalue weighted by Gasteiger charge is -2.46. The van der Waals surface area contributed by atoms with Gasteiger partial charge in [-0.1, -0.05) is 0 Å². The van der Waals surface area contributed by atoms with Crippen molar-refractivity contribution in [1.29, 1.82) is 0 Å². The first-order valence-electron chi connectivity index (χ1n) is 6.39. The number of carbonyl (C=O) groups excluding carboxylic acids is 1. The van der Waals surface area contributed by atoms with Gasteiger partial charge in [0.2, 0.25) is 5.91 Å². The lowest BCUT2D eigenvalue weighted by Crippen LogP contribution is -2.53. The molecule has 0 bridgehead atoms. The lowest BCUT2D eigenvalue weighted by molar-refractivity contribution is -0.141. The van der Waals surface area contributed by atoms with Crippen molar-refractivity contribution in [3.8, 4) is 0 Å². The number of aromatic nitrogens is 3. The van der Waals surface area contributed by atoms with Gasteiger partial charge >= 0.3 is 0 Å². The van der Waals surface area contributed by atoms with Gasteiger partial charge in [0.25, 0.3) is 0 Å². The Kier molecular flexibility index (Phi) is 2.42. The van der Waals surface area contributed by atoms with Crippen LogP contribution in [0.1, 0.15) is 45.1 Å². The third-order valence-corrected chi connectivity index (χ3v) is 4.34. The van der Waals surface area contributed by atoms with E-state index in [1.54, 1.807) is 11.0 Å². The average molecular weight is 234 g/mol. The maximum atomic E-state index is 12.5. The molecule has 0 aromatic carbocycles. The molecule has 1 aliphatic heterocycles. The molecular weight excluding hydrogens is 216 g/mol. The minimum absolute atomic E-state index is 0.200. The maximum absolute atomic E-state index is 12.5. The monoisotopic (exact) mass is 234 g/mol. The van der Waals surface area contributed by atoms with Crippen LogP contribution in [0.5, 0.6) is 0 Å². The Balaban J connectivity index is 1.78. The summed E-state index contributed by atoms with van der Waals surface area (Å²) in [4.78, 5) is 18.5. The first-order valence-corrected chi connectivity index (χ1v) is 6.39. The average Bonchev–Trinajstić information content (AvgIpc) is 2.94. The summed E-state index contributed by atoms with van der Waals surface area (Å²) < 4.78 is 1.65. The molecule has 5 nitrogen and oxygen atoms in total. The van der Waals surface area contributed by atoms with Gasteiger partial charge in [-0.15, -0.1) is 0 Å². The van der Waals surface area contributed by atoms with Gasteiger partial charge in [0.05, 0.1) is 0 Å². The second-order valence-electron chi connectivity index (χ2n) is 5.22. The van der Waals surface area contributed by atoms with E-state index in [2.05, 4.69) is 15.0 Å². The number of likely N-dealkylation sites (tertiary alicyclic amines) is 1. The van der Waals surface area contributed by atoms with Gasteiger partial charge in [-0.25, -0.2) is 9.67 Å². The molecule has 2 aliphatic rings. The number of nitrogens with zero attached hydrogens (tertiary/aromatic N) is 4. The zero-order valence-corrected chi connectivity index (χ0v) is 10.2. The van der Waals surface area contributed by atoms with Crippen molar-refractivity contribution in [2.45, 2.75) is 50.6 Å². The fraction of sp³-hybridized carbons (Fsp3) is 0.750. The van der Waals surface area contributed by atoms with Crippen molar-refractivity contribution < 1.29 is 4.79 Å². The van der Waals surface area contributed by atoms with Gasteiger partial charge in [-0.05, 0) is 39.0 Å². The van der Waals surface area contributed by atoms with Crippen molar-refractivity contribution in [2.75, 3.05) is 6.54 Å². The molecule has 0 radical (unpaired) electrons. The van der Waals surface area contributed by atoms with E-state index in [0.29, 0.717) is 0 Å². The third-order valence-electron chi connectivity index (χ3n) is 4.34. The van der Waals surface area contributed by atoms with Crippen LogP contribution in [0.3, 0.4) is 0 Å². The third kappa shape index (κ3) is 1.56. The second kappa shape index (κ2) is 3.82. The molecule has 1 aliphatic carbocycles. The fourth-order valence-corrected chi connectivity index (χ4v) is 3.14. The molecule has 3 rings (SSSR count). The van der Waals surface area contributed by atoms with Crippen molar-refractivity contribution in [2.24, 2.45) is 0 Å². The van der Waals surface area contributed by atoms with Crippen LogP contribution in [0.15, 0.2) is 12.7 Å². The molecule has 1 aromatic heterocycles. The zero-order valence-electron chi connectivity index (χ0n) is 10.2. The molecule has 5 heteroatoms. The molecule has 1 unspecified atom stereocenters. The van der Waals surface area contributed by atoms with Crippen molar-refractivity contribution in [3.63, 3.8) is 0 Å². The summed E-state index contributed by atoms with van der Waals surface area (Å²) in [6.07, 6.45) is 9.06. The number of amides is 1. The summed E-state index contributed by atoms with van der Waals surface area (Å²) in [6.45, 7) is 2.82. The largest absolute Gasteiger partial charge is 0.335 e. The van der Waals surface area contributed by atoms with Crippen molar-refractivity contribution >= 4 is 5.91 Å². The van der Waals surface area contributed by atoms with E-state index >= 15 is 0 Å². The first-order chi connectivity index (χ1) is 8.23. The van der Waals surface area contributed by atoms with Gasteiger partial charge in [0, 0.05) is 12.1 Å². The molecule has 2 fully saturated rings. The highest BCUT2D eigenvalue weighted by Crippen LogP contribution is 2.46. The highest BCUT2D eigenvalue weighted by atomic mass is 16.2. The van der Waals surface area contributed by atoms with Crippen LogP contribution in [0, 0.1) is 0 Å². The van der Waals surface area contributed by atoms with E-state index in [1.165, 1.54) is 32.0 Å². The van der Waals surface area contributed by atoms with E-state index in [0.717, 1.165) is 13.0 Å². The number of hydrogen-bond acceptors (Lipinski definition) is 3. The Morgan fingerprint density at radius 3 is 2.71 bits per heavy atom. The molecule has 92 valence electrons. The van der Waals surface area contributed by atoms with Gasteiger partial charge in [-0.2, -0.15) is 5.10 Å². The molecule has 1 saturated heterocycles. The molecule has 1 amide bonds. The van der Waals surface area contributed by atoms with Crippen LogP contribution in [0.2, 0.25) is 0 Å². The van der Waals surface area contributed by atoms with Gasteiger partial charge in [0.1, 0.15) is 18.7 Å². The number of rotatable bonds is 2. The topological polar surface area (TPSA) is 51.0 Å². The SMILES string of the molecule is CC(C(=O)N1CCCC12CCC2)n1cncn1. The van der Waals surface area contributed by atoms with Crippen LogP contribution >= 0.6 is 0 Å². The smallest absolute Gasteiger partial charge is 0.247 e. The van der Waals surface area contributed by atoms with E-state index in [1.807, 2.05) is 6.92 Å². The van der Waals surface area contributed by atoms with Gasteiger partial charge in [0.15, 0.2) is 0 Å². The zero-order chi connectivity index (χ0) is 11.9. The quantitative estimate of drug-likeness (QED) is 0.777.